The van der Waals surface area contributed by atoms with Gasteiger partial charge in [-0.2, -0.15) is 10.5 Å². The van der Waals surface area contributed by atoms with Gasteiger partial charge in [-0.25, -0.2) is 38.7 Å². The van der Waals surface area contributed by atoms with Crippen LogP contribution in [-0.2, 0) is 18.6 Å². The summed E-state index contributed by atoms with van der Waals surface area (Å²) >= 11 is 6.10. The topological polar surface area (TPSA) is 162 Å². The van der Waals surface area contributed by atoms with Crippen LogP contribution in [0, 0.1) is 34.3 Å². The average molecular weight is 1220 g/mol. The van der Waals surface area contributed by atoms with E-state index < -0.39 is 48.3 Å². The second-order valence-electron chi connectivity index (χ2n) is 23.8. The van der Waals surface area contributed by atoms with Crippen LogP contribution in [0.25, 0.3) is 90.5 Å². The third kappa shape index (κ3) is 13.8. The molecular weight excluding hydrogens is 1160 g/mol. The molecule has 0 saturated carbocycles. The van der Waals surface area contributed by atoms with E-state index in [9.17, 15) is 10.5 Å². The molecule has 5 heterocycles. The summed E-state index contributed by atoms with van der Waals surface area (Å²) < 4.78 is 56.2. The zero-order chi connectivity index (χ0) is 64.1. The van der Waals surface area contributed by atoms with Gasteiger partial charge in [-0.1, -0.05) is 194 Å². The first-order valence-electron chi connectivity index (χ1n) is 29.5. The summed E-state index contributed by atoms with van der Waals surface area (Å²) in [6.45, 7) is 15.2. The van der Waals surface area contributed by atoms with Crippen LogP contribution in [-0.4, -0.2) is 66.5 Å². The molecule has 91 heavy (non-hydrogen) atoms. The molecule has 2 aliphatic heterocycles. The minimum atomic E-state index is -0.913. The van der Waals surface area contributed by atoms with Crippen molar-refractivity contribution in [1.82, 2.24) is 29.9 Å². The number of hydrogen-bond donors (Lipinski definition) is 0. The molecule has 2 fully saturated rings. The van der Waals surface area contributed by atoms with Gasteiger partial charge in [-0.05, 0) is 91.8 Å². The maximum absolute atomic E-state index is 16.9. The summed E-state index contributed by atoms with van der Waals surface area (Å²) in [5.41, 5.74) is 7.00. The van der Waals surface area contributed by atoms with E-state index >= 15 is 8.78 Å². The van der Waals surface area contributed by atoms with Crippen molar-refractivity contribution in [3.8, 4) is 103 Å². The second kappa shape index (κ2) is 26.3. The van der Waals surface area contributed by atoms with Crippen LogP contribution in [0.1, 0.15) is 66.5 Å². The van der Waals surface area contributed by atoms with Crippen molar-refractivity contribution >= 4 is 36.8 Å². The van der Waals surface area contributed by atoms with Crippen molar-refractivity contribution in [2.45, 2.75) is 77.8 Å². The Balaban J connectivity index is 0.000000156. The predicted octanol–water partition coefficient (Wildman–Crippen LogP) is 16.0. The lowest BCUT2D eigenvalue weighted by Gasteiger charge is -2.32. The molecule has 448 valence electrons. The van der Waals surface area contributed by atoms with Crippen LogP contribution >= 0.6 is 11.6 Å². The highest BCUT2D eigenvalue weighted by Gasteiger charge is 2.55. The highest BCUT2D eigenvalue weighted by Crippen LogP contribution is 2.40. The summed E-state index contributed by atoms with van der Waals surface area (Å²) in [5.74, 6) is 0.477. The van der Waals surface area contributed by atoms with Crippen LogP contribution in [0.5, 0.6) is 0 Å². The van der Waals surface area contributed by atoms with Crippen LogP contribution in [0.4, 0.5) is 8.78 Å². The molecule has 0 spiro atoms. The molecule has 13 rings (SSSR count). The van der Waals surface area contributed by atoms with E-state index in [2.05, 4.69) is 22.1 Å². The van der Waals surface area contributed by atoms with E-state index in [-0.39, 0.29) is 27.6 Å². The van der Waals surface area contributed by atoms with Crippen LogP contribution in [0.15, 0.2) is 224 Å². The molecule has 2 aliphatic rings. The molecule has 12 nitrogen and oxygen atoms in total. The number of rotatable bonds is 10. The van der Waals surface area contributed by atoms with Gasteiger partial charge in [0.2, 0.25) is 0 Å². The number of aromatic nitrogens is 6. The highest BCUT2D eigenvalue weighted by molar-refractivity contribution is 6.66. The molecule has 0 N–H and O–H groups in total. The van der Waals surface area contributed by atoms with Gasteiger partial charge in [0.1, 0.15) is 16.8 Å². The van der Waals surface area contributed by atoms with Crippen LogP contribution in [0.2, 0.25) is 5.15 Å². The number of benzene rings is 8. The molecule has 0 aliphatic carbocycles. The first kappa shape index (κ1) is 62.7. The van der Waals surface area contributed by atoms with E-state index in [4.69, 9.17) is 50.2 Å². The lowest BCUT2D eigenvalue weighted by Crippen LogP contribution is -2.45. The van der Waals surface area contributed by atoms with Gasteiger partial charge in [-0.15, -0.1) is 0 Å². The van der Waals surface area contributed by atoms with Crippen molar-refractivity contribution in [2.75, 3.05) is 0 Å². The fourth-order valence-corrected chi connectivity index (χ4v) is 10.3. The molecule has 0 radical (unpaired) electrons. The number of halogens is 3. The predicted molar refractivity (Wildman–Crippen MR) is 355 cm³/mol. The molecule has 0 bridgehead atoms. The Morgan fingerprint density at radius 3 is 0.912 bits per heavy atom. The smallest absolute Gasteiger partial charge is 0.399 e. The lowest BCUT2D eigenvalue weighted by molar-refractivity contribution is 0.00578. The van der Waals surface area contributed by atoms with E-state index in [1.807, 2.05) is 237 Å². The third-order valence-corrected chi connectivity index (χ3v) is 16.7. The Morgan fingerprint density at radius 2 is 0.604 bits per heavy atom. The fraction of sp³-hybridized carbons (Fsp3) is 0.162. The van der Waals surface area contributed by atoms with Gasteiger partial charge in [0.05, 0.1) is 74.1 Å². The zero-order valence-corrected chi connectivity index (χ0v) is 52.1. The summed E-state index contributed by atoms with van der Waals surface area (Å²) in [5, 5.41) is 20.0. The normalized spacial score (nSPS) is 14.9. The van der Waals surface area contributed by atoms with E-state index in [0.717, 1.165) is 39.1 Å². The fourth-order valence-electron chi connectivity index (χ4n) is 10.1. The molecule has 0 atom stereocenters. The first-order valence-corrected chi connectivity index (χ1v) is 29.9. The van der Waals surface area contributed by atoms with Gasteiger partial charge in [0, 0.05) is 61.5 Å². The SMILES string of the molecule is CC1(C)OB(c2cc(C#N)cc(B3OC(C)(C)C(C)(C)O3)c2F)OC1(C)C.Clc1cc(-c2ccccc2)nc(-c2ccccc2)n1.N#Cc1cc(-c2cc(-c3ccccc3)nc(-c3ccccc3)n2)c(F)c(-c2cc(-c3ccccc3)nc(-c3ccccc3)n2)c1. The monoisotopic (exact) mass is 1220 g/mol. The Bertz CT molecular complexity index is 4100. The molecule has 0 amide bonds. The Labute approximate surface area is 534 Å². The van der Waals surface area contributed by atoms with Crippen molar-refractivity contribution in [3.05, 3.63) is 252 Å². The van der Waals surface area contributed by atoms with Crippen molar-refractivity contribution in [2.24, 2.45) is 0 Å². The quantitative estimate of drug-likeness (QED) is 0.0942. The van der Waals surface area contributed by atoms with E-state index in [1.165, 1.54) is 24.3 Å². The molecule has 8 aromatic carbocycles. The van der Waals surface area contributed by atoms with E-state index in [1.54, 1.807) is 18.2 Å². The average Bonchev–Trinajstić information content (AvgIpc) is 1.70. The second-order valence-corrected chi connectivity index (χ2v) is 24.2. The minimum Gasteiger partial charge on any atom is -0.399 e. The van der Waals surface area contributed by atoms with Gasteiger partial charge < -0.3 is 18.6 Å². The summed E-state index contributed by atoms with van der Waals surface area (Å²) in [4.78, 5) is 28.1. The lowest BCUT2D eigenvalue weighted by atomic mass is 9.70. The molecule has 17 heteroatoms. The highest BCUT2D eigenvalue weighted by atomic mass is 35.5. The van der Waals surface area contributed by atoms with Crippen LogP contribution < -0.4 is 10.9 Å². The Kier molecular flexibility index (Phi) is 18.1. The van der Waals surface area contributed by atoms with Crippen molar-refractivity contribution in [3.63, 3.8) is 0 Å². The minimum absolute atomic E-state index is 0.178. The molecule has 3 aromatic heterocycles. The van der Waals surface area contributed by atoms with E-state index in [0.29, 0.717) is 51.0 Å². The molecule has 11 aromatic rings. The van der Waals surface area contributed by atoms with Crippen molar-refractivity contribution < 1.29 is 27.4 Å². The zero-order valence-electron chi connectivity index (χ0n) is 51.4. The summed E-state index contributed by atoms with van der Waals surface area (Å²) in [6.07, 6.45) is 0. The Hall–Kier alpha value is -9.90. The maximum Gasteiger partial charge on any atom is 0.497 e. The summed E-state index contributed by atoms with van der Waals surface area (Å²) in [7, 11) is -1.83. The van der Waals surface area contributed by atoms with Crippen molar-refractivity contribution in [1.29, 1.82) is 10.5 Å². The Morgan fingerprint density at radius 1 is 0.341 bits per heavy atom. The van der Waals surface area contributed by atoms with Crippen LogP contribution in [0.3, 0.4) is 0 Å². The molecule has 2 saturated heterocycles. The number of nitriles is 2. The first-order chi connectivity index (χ1) is 43.7. The van der Waals surface area contributed by atoms with Gasteiger partial charge in [-0.3, -0.25) is 0 Å². The number of nitrogens with zero attached hydrogens (tertiary/aromatic N) is 8. The largest absolute Gasteiger partial charge is 0.497 e. The number of hydrogen-bond acceptors (Lipinski definition) is 12. The molecular formula is C74H61B2ClF2N8O4. The standard InChI is InChI=1S/C39H24FN5.C19H26B2FNO4.C16H11ClN2/c40-37-31(35-23-33(27-13-5-1-6-14-27)42-38(44-35)29-17-9-3-10-18-29)21-26(25-41)22-32(37)36-24-34(28-15-7-2-8-16-28)43-39(45-36)30-19-11-4-12-20-30;1-16(2)17(3,4)25-20(24-16)13-9-12(11-23)10-14(15(13)22)21-26-18(5,6)19(7,8)27-21;17-15-11-14(12-7-3-1-4-8-12)18-16(19-15)13-9-5-2-6-10-13/h1-24H;9-10H,1-8H3;1-11H. The third-order valence-electron chi connectivity index (χ3n) is 16.5. The summed E-state index contributed by atoms with van der Waals surface area (Å²) in [6, 6.07) is 73.9. The van der Waals surface area contributed by atoms with Gasteiger partial charge in [0.15, 0.2) is 17.5 Å². The van der Waals surface area contributed by atoms with Gasteiger partial charge >= 0.3 is 14.2 Å². The molecule has 0 unspecified atom stereocenters. The maximum atomic E-state index is 16.9. The van der Waals surface area contributed by atoms with Gasteiger partial charge in [0.25, 0.3) is 0 Å².